The molecule has 0 aliphatic carbocycles. The van der Waals surface area contributed by atoms with Crippen LogP contribution in [0.25, 0.3) is 22.4 Å². The van der Waals surface area contributed by atoms with E-state index in [1.54, 1.807) is 61.6 Å². The molecule has 39 heavy (non-hydrogen) atoms. The van der Waals surface area contributed by atoms with Gasteiger partial charge in [0.25, 0.3) is 11.5 Å². The average molecular weight is 520 g/mol. The number of fused-ring (bicyclic) bond motifs is 2. The fourth-order valence-corrected chi connectivity index (χ4v) is 4.30. The van der Waals surface area contributed by atoms with Gasteiger partial charge < -0.3 is 15.5 Å². The molecule has 3 N–H and O–H groups in total. The smallest absolute Gasteiger partial charge is 0.270 e. The van der Waals surface area contributed by atoms with E-state index in [0.29, 0.717) is 22.5 Å². The number of rotatable bonds is 4. The van der Waals surface area contributed by atoms with Gasteiger partial charge in [0.1, 0.15) is 23.0 Å². The van der Waals surface area contributed by atoms with Gasteiger partial charge in [-0.3, -0.25) is 18.8 Å². The molecule has 1 amide bonds. The maximum Gasteiger partial charge on any atom is 0.270 e. The van der Waals surface area contributed by atoms with Gasteiger partial charge in [-0.2, -0.15) is 10.1 Å². The number of amides is 1. The minimum absolute atomic E-state index is 0.0325. The van der Waals surface area contributed by atoms with E-state index in [1.165, 1.54) is 15.3 Å². The molecular weight excluding hydrogens is 498 g/mol. The molecule has 1 aromatic carbocycles. The summed E-state index contributed by atoms with van der Waals surface area (Å²) < 4.78 is 10.2. The van der Waals surface area contributed by atoms with Crippen LogP contribution in [0.4, 0.5) is 5.82 Å². The maximum atomic E-state index is 13.9. The Balaban J connectivity index is 1.45. The summed E-state index contributed by atoms with van der Waals surface area (Å²) in [7, 11) is 1.79. The van der Waals surface area contributed by atoms with Gasteiger partial charge in [0, 0.05) is 25.6 Å². The van der Waals surface area contributed by atoms with Crippen molar-refractivity contribution >= 4 is 28.5 Å². The summed E-state index contributed by atoms with van der Waals surface area (Å²) >= 11 is 0. The van der Waals surface area contributed by atoms with Gasteiger partial charge in [-0.1, -0.05) is 30.0 Å². The van der Waals surface area contributed by atoms with E-state index >= 15 is 0 Å². The van der Waals surface area contributed by atoms with Gasteiger partial charge in [-0.05, 0) is 25.1 Å². The van der Waals surface area contributed by atoms with Crippen molar-refractivity contribution in [2.24, 2.45) is 7.05 Å². The topological polar surface area (TPSA) is 151 Å². The normalized spacial score (nSPS) is 11.8. The molecule has 0 saturated heterocycles. The first-order valence-corrected chi connectivity index (χ1v) is 11.9. The monoisotopic (exact) mass is 519 g/mol. The SMILES string of the molecule is C[C@@H](NC(=O)c1c(N)nn2cccnc12)c1nc2occ(C#Cc3cnn(C)c3)c2c(=O)n1-c1ccccc1. The number of carbonyl (C=O) groups is 1. The first-order chi connectivity index (χ1) is 18.9. The van der Waals surface area contributed by atoms with Gasteiger partial charge in [-0.15, -0.1) is 5.10 Å². The molecule has 192 valence electrons. The second-order valence-electron chi connectivity index (χ2n) is 8.77. The number of hydrogen-bond acceptors (Lipinski definition) is 8. The van der Waals surface area contributed by atoms with Crippen LogP contribution >= 0.6 is 0 Å². The molecular formula is C27H21N9O3. The predicted molar refractivity (Wildman–Crippen MR) is 142 cm³/mol. The van der Waals surface area contributed by atoms with Gasteiger partial charge in [0.2, 0.25) is 5.71 Å². The fourth-order valence-electron chi connectivity index (χ4n) is 4.30. The van der Waals surface area contributed by atoms with Gasteiger partial charge in [-0.25, -0.2) is 9.50 Å². The van der Waals surface area contributed by atoms with Crippen molar-refractivity contribution in [3.63, 3.8) is 0 Å². The van der Waals surface area contributed by atoms with Crippen molar-refractivity contribution in [1.29, 1.82) is 0 Å². The second-order valence-corrected chi connectivity index (χ2v) is 8.77. The molecule has 1 atom stereocenters. The van der Waals surface area contributed by atoms with E-state index in [2.05, 4.69) is 37.3 Å². The second kappa shape index (κ2) is 9.31. The Morgan fingerprint density at radius 3 is 2.77 bits per heavy atom. The molecule has 6 rings (SSSR count). The van der Waals surface area contributed by atoms with Crippen LogP contribution in [0.5, 0.6) is 0 Å². The molecule has 6 aromatic rings. The lowest BCUT2D eigenvalue weighted by Gasteiger charge is -2.18. The number of nitrogens with two attached hydrogens (primary N) is 1. The number of anilines is 1. The molecule has 5 aromatic heterocycles. The molecule has 0 fully saturated rings. The Bertz CT molecular complexity index is 1990. The third-order valence-electron chi connectivity index (χ3n) is 6.08. The number of nitrogen functional groups attached to an aromatic ring is 1. The number of nitrogens with zero attached hydrogens (tertiary/aromatic N) is 7. The van der Waals surface area contributed by atoms with Gasteiger partial charge in [0.05, 0.1) is 29.1 Å². The summed E-state index contributed by atoms with van der Waals surface area (Å²) in [6, 6.07) is 9.96. The standard InChI is InChI=1S/C27H21N9O3/c1-16(31-25(37)21-22(28)33-35-12-6-11-29-24(21)35)23-32-26-20(27(38)36(23)19-7-4-3-5-8-19)18(15-39-26)10-9-17-13-30-34(2)14-17/h3-8,11-16H,1-2H3,(H2,28,33)(H,31,37)/t16-/m1/s1. The Kier molecular flexibility index (Phi) is 5.65. The van der Waals surface area contributed by atoms with Crippen molar-refractivity contribution < 1.29 is 9.21 Å². The molecule has 0 radical (unpaired) electrons. The van der Waals surface area contributed by atoms with Crippen LogP contribution < -0.4 is 16.6 Å². The van der Waals surface area contributed by atoms with Gasteiger partial charge >= 0.3 is 0 Å². The highest BCUT2D eigenvalue weighted by Crippen LogP contribution is 2.23. The number of furan rings is 1. The fraction of sp³-hybridized carbons (Fsp3) is 0.111. The van der Waals surface area contributed by atoms with E-state index in [4.69, 9.17) is 10.2 Å². The summed E-state index contributed by atoms with van der Waals surface area (Å²) in [5, 5.41) is 11.4. The molecule has 0 saturated carbocycles. The van der Waals surface area contributed by atoms with Crippen molar-refractivity contribution in [1.82, 2.24) is 39.2 Å². The van der Waals surface area contributed by atoms with Crippen LogP contribution in [0.2, 0.25) is 0 Å². The average Bonchev–Trinajstić information content (AvgIpc) is 3.63. The van der Waals surface area contributed by atoms with Crippen molar-refractivity contribution in [3.05, 3.63) is 100 Å². The molecule has 12 heteroatoms. The maximum absolute atomic E-state index is 13.9. The molecule has 0 spiro atoms. The van der Waals surface area contributed by atoms with Crippen LogP contribution in [-0.2, 0) is 7.05 Å². The number of para-hydroxylation sites is 1. The minimum atomic E-state index is -0.733. The van der Waals surface area contributed by atoms with Crippen LogP contribution in [-0.4, -0.2) is 39.8 Å². The Labute approximate surface area is 220 Å². The number of benzene rings is 1. The summed E-state index contributed by atoms with van der Waals surface area (Å²) in [5.41, 5.74) is 7.84. The first-order valence-electron chi connectivity index (χ1n) is 11.9. The van der Waals surface area contributed by atoms with Gasteiger partial charge in [0.15, 0.2) is 11.5 Å². The van der Waals surface area contributed by atoms with Crippen LogP contribution in [0.1, 0.15) is 40.3 Å². The van der Waals surface area contributed by atoms with Crippen molar-refractivity contribution in [2.45, 2.75) is 13.0 Å². The third-order valence-corrected chi connectivity index (χ3v) is 6.08. The number of carbonyl (C=O) groups excluding carboxylic acids is 1. The first kappa shape index (κ1) is 23.7. The van der Waals surface area contributed by atoms with Crippen LogP contribution in [0, 0.1) is 11.8 Å². The Morgan fingerprint density at radius 1 is 1.18 bits per heavy atom. The zero-order chi connectivity index (χ0) is 27.1. The zero-order valence-corrected chi connectivity index (χ0v) is 20.9. The molecule has 0 bridgehead atoms. The lowest BCUT2D eigenvalue weighted by Crippen LogP contribution is -2.33. The number of nitrogens with one attached hydrogen (secondary N) is 1. The summed E-state index contributed by atoms with van der Waals surface area (Å²) in [4.78, 5) is 36.1. The predicted octanol–water partition coefficient (Wildman–Crippen LogP) is 2.23. The molecule has 0 unspecified atom stereocenters. The number of hydrogen-bond donors (Lipinski definition) is 2. The van der Waals surface area contributed by atoms with E-state index < -0.39 is 11.9 Å². The summed E-state index contributed by atoms with van der Waals surface area (Å²) in [6.07, 6.45) is 7.99. The van der Waals surface area contributed by atoms with E-state index in [9.17, 15) is 9.59 Å². The van der Waals surface area contributed by atoms with E-state index in [0.717, 1.165) is 0 Å². The van der Waals surface area contributed by atoms with Crippen molar-refractivity contribution in [3.8, 4) is 17.5 Å². The van der Waals surface area contributed by atoms with E-state index in [-0.39, 0.29) is 33.9 Å². The lowest BCUT2D eigenvalue weighted by atomic mass is 10.2. The van der Waals surface area contributed by atoms with E-state index in [1.807, 2.05) is 18.2 Å². The molecule has 0 aliphatic heterocycles. The Hall–Kier alpha value is -5.70. The Morgan fingerprint density at radius 2 is 2.00 bits per heavy atom. The number of aryl methyl sites for hydroxylation is 1. The molecule has 12 nitrogen and oxygen atoms in total. The highest BCUT2D eigenvalue weighted by Gasteiger charge is 2.25. The summed E-state index contributed by atoms with van der Waals surface area (Å²) in [5.74, 6) is 5.77. The van der Waals surface area contributed by atoms with Crippen molar-refractivity contribution in [2.75, 3.05) is 5.73 Å². The van der Waals surface area contributed by atoms with Crippen LogP contribution in [0.3, 0.4) is 0 Å². The van der Waals surface area contributed by atoms with Crippen LogP contribution in [0.15, 0.2) is 76.7 Å². The largest absolute Gasteiger partial charge is 0.445 e. The minimum Gasteiger partial charge on any atom is -0.445 e. The summed E-state index contributed by atoms with van der Waals surface area (Å²) in [6.45, 7) is 1.71. The quantitative estimate of drug-likeness (QED) is 0.337. The zero-order valence-electron chi connectivity index (χ0n) is 20.9. The molecule has 0 aliphatic rings. The molecule has 5 heterocycles. The third kappa shape index (κ3) is 4.17. The highest BCUT2D eigenvalue weighted by atomic mass is 16.3. The number of aromatic nitrogens is 7. The highest BCUT2D eigenvalue weighted by molar-refractivity contribution is 6.04. The lowest BCUT2D eigenvalue weighted by molar-refractivity contribution is 0.0940.